The number of halogens is 2. The van der Waals surface area contributed by atoms with E-state index in [2.05, 4.69) is 9.98 Å². The lowest BCUT2D eigenvalue weighted by molar-refractivity contribution is 0.305. The molecule has 1 saturated carbocycles. The Morgan fingerprint density at radius 3 is 2.48 bits per heavy atom. The molecule has 0 aromatic heterocycles. The van der Waals surface area contributed by atoms with Gasteiger partial charge in [-0.1, -0.05) is 29.6 Å². The van der Waals surface area contributed by atoms with Crippen LogP contribution < -0.4 is 21.1 Å². The molecular weight excluding hydrogens is 337 g/mol. The van der Waals surface area contributed by atoms with Gasteiger partial charge < -0.3 is 16.2 Å². The molecule has 6 nitrogen and oxygen atoms in total. The molecule has 0 radical (unpaired) electrons. The first-order chi connectivity index (χ1) is 11.0. The third kappa shape index (κ3) is 2.81. The second kappa shape index (κ2) is 6.09. The van der Waals surface area contributed by atoms with E-state index in [1.165, 1.54) is 6.42 Å². The number of hydrogen-bond donors (Lipinski definition) is 2. The summed E-state index contributed by atoms with van der Waals surface area (Å²) >= 11 is 12.7. The van der Waals surface area contributed by atoms with Gasteiger partial charge in [-0.05, 0) is 31.7 Å². The fourth-order valence-corrected chi connectivity index (χ4v) is 3.79. The van der Waals surface area contributed by atoms with Crippen LogP contribution in [-0.4, -0.2) is 24.7 Å². The van der Waals surface area contributed by atoms with E-state index in [0.29, 0.717) is 21.5 Å². The van der Waals surface area contributed by atoms with E-state index in [1.807, 2.05) is 4.90 Å². The van der Waals surface area contributed by atoms with Crippen LogP contribution in [0.25, 0.3) is 0 Å². The van der Waals surface area contributed by atoms with Crippen molar-refractivity contribution >= 4 is 40.8 Å². The second-order valence-electron chi connectivity index (χ2n) is 5.76. The normalized spacial score (nSPS) is 20.2. The fraction of sp³-hybridized carbons (Fsp3) is 0.467. The summed E-state index contributed by atoms with van der Waals surface area (Å²) in [6, 6.07) is 3.41. The third-order valence-corrected chi connectivity index (χ3v) is 4.91. The number of nitrogens with two attached hydrogens (primary N) is 2. The number of anilines is 1. The molecular formula is C15H19Cl2N5O. The number of rotatable bonds is 2. The van der Waals surface area contributed by atoms with Crippen LogP contribution in [0.1, 0.15) is 32.1 Å². The Morgan fingerprint density at radius 2 is 1.83 bits per heavy atom. The van der Waals surface area contributed by atoms with E-state index < -0.39 is 5.66 Å². The predicted molar refractivity (Wildman–Crippen MR) is 94.6 cm³/mol. The molecule has 124 valence electrons. The zero-order valence-electron chi connectivity index (χ0n) is 12.9. The van der Waals surface area contributed by atoms with E-state index in [-0.39, 0.29) is 11.9 Å². The van der Waals surface area contributed by atoms with Crippen molar-refractivity contribution in [2.75, 3.05) is 12.0 Å². The minimum atomic E-state index is -0.546. The van der Waals surface area contributed by atoms with Crippen molar-refractivity contribution in [3.63, 3.8) is 0 Å². The lowest BCUT2D eigenvalue weighted by Gasteiger charge is -2.45. The van der Waals surface area contributed by atoms with E-state index in [0.717, 1.165) is 25.7 Å². The van der Waals surface area contributed by atoms with Gasteiger partial charge in [0.1, 0.15) is 11.4 Å². The van der Waals surface area contributed by atoms with Gasteiger partial charge in [-0.25, -0.2) is 4.99 Å². The van der Waals surface area contributed by atoms with Crippen molar-refractivity contribution in [3.8, 4) is 5.75 Å². The molecule has 1 heterocycles. The highest BCUT2D eigenvalue weighted by atomic mass is 35.5. The molecule has 1 spiro atoms. The highest BCUT2D eigenvalue weighted by Crippen LogP contribution is 2.44. The second-order valence-corrected chi connectivity index (χ2v) is 6.57. The van der Waals surface area contributed by atoms with Gasteiger partial charge >= 0.3 is 0 Å². The number of aliphatic imine (C=N–C) groups is 2. The lowest BCUT2D eigenvalue weighted by atomic mass is 9.87. The topological polar surface area (TPSA) is 89.2 Å². The van der Waals surface area contributed by atoms with Gasteiger partial charge in [0.05, 0.1) is 22.8 Å². The monoisotopic (exact) mass is 355 g/mol. The van der Waals surface area contributed by atoms with Crippen molar-refractivity contribution in [2.24, 2.45) is 21.5 Å². The van der Waals surface area contributed by atoms with Crippen LogP contribution in [-0.2, 0) is 0 Å². The van der Waals surface area contributed by atoms with Crippen LogP contribution >= 0.6 is 23.2 Å². The number of guanidine groups is 2. The first-order valence-electron chi connectivity index (χ1n) is 7.49. The average molecular weight is 356 g/mol. The number of benzene rings is 1. The Bertz CT molecular complexity index is 683. The maximum atomic E-state index is 6.45. The minimum absolute atomic E-state index is 0.205. The van der Waals surface area contributed by atoms with Gasteiger partial charge in [0.25, 0.3) is 0 Å². The molecule has 0 unspecified atom stereocenters. The third-order valence-electron chi connectivity index (χ3n) is 4.31. The van der Waals surface area contributed by atoms with Crippen molar-refractivity contribution in [1.82, 2.24) is 0 Å². The molecule has 1 aliphatic heterocycles. The van der Waals surface area contributed by atoms with Crippen LogP contribution in [0.15, 0.2) is 22.1 Å². The van der Waals surface area contributed by atoms with Gasteiger partial charge in [0, 0.05) is 6.07 Å². The number of ether oxygens (including phenoxy) is 1. The standard InChI is InChI=1S/C15H19Cl2N5O/c1-23-12-8-9(16)11(7-10(12)17)22-14(19)20-13(18)21-15(22)5-3-2-4-6-15/h7-8H,2-6H2,1H3,(H4,18,19,20,21). The Morgan fingerprint density at radius 1 is 1.13 bits per heavy atom. The molecule has 4 N–H and O–H groups in total. The van der Waals surface area contributed by atoms with Crippen LogP contribution in [0, 0.1) is 0 Å². The van der Waals surface area contributed by atoms with Gasteiger partial charge in [0.2, 0.25) is 11.9 Å². The highest BCUT2D eigenvalue weighted by Gasteiger charge is 2.43. The maximum Gasteiger partial charge on any atom is 0.220 e. The van der Waals surface area contributed by atoms with Crippen molar-refractivity contribution in [1.29, 1.82) is 0 Å². The summed E-state index contributed by atoms with van der Waals surface area (Å²) in [4.78, 5) is 10.6. The molecule has 1 fully saturated rings. The minimum Gasteiger partial charge on any atom is -0.495 e. The smallest absolute Gasteiger partial charge is 0.220 e. The molecule has 0 saturated heterocycles. The van der Waals surface area contributed by atoms with Crippen LogP contribution in [0.5, 0.6) is 5.75 Å². The van der Waals surface area contributed by atoms with E-state index >= 15 is 0 Å². The molecule has 1 aromatic rings. The van der Waals surface area contributed by atoms with E-state index in [1.54, 1.807) is 19.2 Å². The Hall–Kier alpha value is -1.66. The molecule has 0 amide bonds. The Kier molecular flexibility index (Phi) is 4.29. The number of methoxy groups -OCH3 is 1. The first kappa shape index (κ1) is 16.2. The summed E-state index contributed by atoms with van der Waals surface area (Å²) in [6.07, 6.45) is 4.93. The molecule has 3 rings (SSSR count). The average Bonchev–Trinajstić information content (AvgIpc) is 2.50. The van der Waals surface area contributed by atoms with Crippen LogP contribution in [0.4, 0.5) is 5.69 Å². The zero-order valence-corrected chi connectivity index (χ0v) is 14.4. The zero-order chi connectivity index (χ0) is 16.6. The summed E-state index contributed by atoms with van der Waals surface area (Å²) in [5.74, 6) is 0.993. The van der Waals surface area contributed by atoms with E-state index in [9.17, 15) is 0 Å². The summed E-state index contributed by atoms with van der Waals surface area (Å²) in [5.41, 5.74) is 12.2. The highest BCUT2D eigenvalue weighted by molar-refractivity contribution is 6.37. The SMILES string of the molecule is COc1cc(Cl)c(N2C(N)=NC(N)=NC23CCCCC3)cc1Cl. The largest absolute Gasteiger partial charge is 0.495 e. The predicted octanol–water partition coefficient (Wildman–Crippen LogP) is 3.11. The molecule has 8 heteroatoms. The van der Waals surface area contributed by atoms with Crippen molar-refractivity contribution in [2.45, 2.75) is 37.8 Å². The van der Waals surface area contributed by atoms with Crippen LogP contribution in [0.2, 0.25) is 10.0 Å². The molecule has 0 bridgehead atoms. The van der Waals surface area contributed by atoms with Crippen molar-refractivity contribution in [3.05, 3.63) is 22.2 Å². The summed E-state index contributed by atoms with van der Waals surface area (Å²) in [7, 11) is 1.54. The van der Waals surface area contributed by atoms with Gasteiger partial charge in [-0.15, -0.1) is 0 Å². The Labute approximate surface area is 145 Å². The van der Waals surface area contributed by atoms with Gasteiger partial charge in [0.15, 0.2) is 0 Å². The summed E-state index contributed by atoms with van der Waals surface area (Å²) in [6.45, 7) is 0. The van der Waals surface area contributed by atoms with Crippen LogP contribution in [0.3, 0.4) is 0 Å². The van der Waals surface area contributed by atoms with Gasteiger partial charge in [-0.2, -0.15) is 4.99 Å². The summed E-state index contributed by atoms with van der Waals surface area (Å²) in [5, 5.41) is 0.929. The quantitative estimate of drug-likeness (QED) is 0.852. The van der Waals surface area contributed by atoms with Crippen molar-refractivity contribution < 1.29 is 4.74 Å². The maximum absolute atomic E-state index is 6.45. The fourth-order valence-electron chi connectivity index (χ4n) is 3.32. The molecule has 1 aliphatic carbocycles. The lowest BCUT2D eigenvalue weighted by Crippen LogP contribution is -2.58. The molecule has 23 heavy (non-hydrogen) atoms. The molecule has 0 atom stereocenters. The van der Waals surface area contributed by atoms with Gasteiger partial charge in [-0.3, -0.25) is 4.90 Å². The van der Waals surface area contributed by atoms with E-state index in [4.69, 9.17) is 39.4 Å². The number of nitrogens with zero attached hydrogens (tertiary/aromatic N) is 3. The molecule has 2 aliphatic rings. The number of hydrogen-bond acceptors (Lipinski definition) is 6. The Balaban J connectivity index is 2.12. The molecule has 1 aromatic carbocycles. The summed E-state index contributed by atoms with van der Waals surface area (Å²) < 4.78 is 5.21. The first-order valence-corrected chi connectivity index (χ1v) is 8.25.